The molecule has 2 rings (SSSR count). The number of pyridine rings is 1. The molecule has 0 saturated heterocycles. The highest BCUT2D eigenvalue weighted by Gasteiger charge is 2.13. The molecule has 2 aromatic rings. The van der Waals surface area contributed by atoms with Gasteiger partial charge in [0.25, 0.3) is 0 Å². The summed E-state index contributed by atoms with van der Waals surface area (Å²) in [5.41, 5.74) is 1.69. The van der Waals surface area contributed by atoms with Crippen LogP contribution in [-0.2, 0) is 6.54 Å². The Morgan fingerprint density at radius 3 is 2.80 bits per heavy atom. The van der Waals surface area contributed by atoms with E-state index in [1.807, 2.05) is 25.1 Å². The summed E-state index contributed by atoms with van der Waals surface area (Å²) in [5, 5.41) is 12.8. The smallest absolute Gasteiger partial charge is 0.129 e. The standard InChI is InChI=1S/C15H16F2N2O/c1-10-3-2-4-12(19-10)8-18-9-15(20)13-7-11(16)5-6-14(13)17/h2-7,15,18,20H,8-9H2,1H3. The van der Waals surface area contributed by atoms with Crippen molar-refractivity contribution in [3.8, 4) is 0 Å². The monoisotopic (exact) mass is 278 g/mol. The third kappa shape index (κ3) is 3.82. The quantitative estimate of drug-likeness (QED) is 0.883. The summed E-state index contributed by atoms with van der Waals surface area (Å²) < 4.78 is 26.5. The lowest BCUT2D eigenvalue weighted by atomic mass is 10.1. The van der Waals surface area contributed by atoms with Crippen LogP contribution in [0.25, 0.3) is 0 Å². The van der Waals surface area contributed by atoms with Crippen LogP contribution >= 0.6 is 0 Å². The van der Waals surface area contributed by atoms with Crippen molar-refractivity contribution in [2.75, 3.05) is 6.54 Å². The first-order chi connectivity index (χ1) is 9.56. The molecule has 1 heterocycles. The SMILES string of the molecule is Cc1cccc(CNCC(O)c2cc(F)ccc2F)n1. The van der Waals surface area contributed by atoms with Crippen LogP contribution in [0, 0.1) is 18.6 Å². The van der Waals surface area contributed by atoms with Crippen LogP contribution in [-0.4, -0.2) is 16.6 Å². The zero-order chi connectivity index (χ0) is 14.5. The second-order valence-electron chi connectivity index (χ2n) is 4.58. The number of nitrogens with zero attached hydrogens (tertiary/aromatic N) is 1. The average Bonchev–Trinajstić information content (AvgIpc) is 2.41. The van der Waals surface area contributed by atoms with E-state index in [0.29, 0.717) is 6.54 Å². The van der Waals surface area contributed by atoms with Crippen LogP contribution in [0.2, 0.25) is 0 Å². The van der Waals surface area contributed by atoms with Crippen LogP contribution in [0.3, 0.4) is 0 Å². The number of rotatable bonds is 5. The van der Waals surface area contributed by atoms with Gasteiger partial charge in [0.2, 0.25) is 0 Å². The maximum absolute atomic E-state index is 13.5. The molecule has 5 heteroatoms. The van der Waals surface area contributed by atoms with Crippen molar-refractivity contribution < 1.29 is 13.9 Å². The first kappa shape index (κ1) is 14.6. The molecule has 20 heavy (non-hydrogen) atoms. The van der Waals surface area contributed by atoms with Crippen molar-refractivity contribution in [3.05, 3.63) is 65.0 Å². The first-order valence-electron chi connectivity index (χ1n) is 6.32. The van der Waals surface area contributed by atoms with Gasteiger partial charge in [-0.05, 0) is 37.3 Å². The van der Waals surface area contributed by atoms with Gasteiger partial charge in [-0.3, -0.25) is 4.98 Å². The highest BCUT2D eigenvalue weighted by Crippen LogP contribution is 2.17. The number of aliphatic hydroxyl groups excluding tert-OH is 1. The molecule has 1 aromatic carbocycles. The van der Waals surface area contributed by atoms with Gasteiger partial charge in [0.15, 0.2) is 0 Å². The van der Waals surface area contributed by atoms with Gasteiger partial charge >= 0.3 is 0 Å². The van der Waals surface area contributed by atoms with Crippen molar-refractivity contribution in [1.29, 1.82) is 0 Å². The Labute approximate surface area is 116 Å². The predicted octanol–water partition coefficient (Wildman–Crippen LogP) is 2.49. The maximum atomic E-state index is 13.5. The molecular formula is C15H16F2N2O. The Morgan fingerprint density at radius 2 is 2.05 bits per heavy atom. The van der Waals surface area contributed by atoms with Gasteiger partial charge in [-0.1, -0.05) is 6.07 Å². The molecule has 0 aliphatic rings. The molecule has 0 aliphatic heterocycles. The Balaban J connectivity index is 1.92. The van der Waals surface area contributed by atoms with Crippen molar-refractivity contribution >= 4 is 0 Å². The summed E-state index contributed by atoms with van der Waals surface area (Å²) in [7, 11) is 0. The molecule has 2 N–H and O–H groups in total. The van der Waals surface area contributed by atoms with Gasteiger partial charge in [-0.25, -0.2) is 8.78 Å². The van der Waals surface area contributed by atoms with Crippen LogP contribution in [0.1, 0.15) is 23.1 Å². The van der Waals surface area contributed by atoms with Gasteiger partial charge in [-0.2, -0.15) is 0 Å². The first-order valence-corrected chi connectivity index (χ1v) is 6.32. The second kappa shape index (κ2) is 6.54. The third-order valence-electron chi connectivity index (χ3n) is 2.91. The normalized spacial score (nSPS) is 12.4. The van der Waals surface area contributed by atoms with E-state index in [0.717, 1.165) is 29.6 Å². The van der Waals surface area contributed by atoms with E-state index in [1.165, 1.54) is 0 Å². The van der Waals surface area contributed by atoms with Crippen molar-refractivity contribution in [2.24, 2.45) is 0 Å². The Morgan fingerprint density at radius 1 is 1.25 bits per heavy atom. The molecule has 0 fully saturated rings. The highest BCUT2D eigenvalue weighted by molar-refractivity contribution is 5.21. The number of halogens is 2. The van der Waals surface area contributed by atoms with Crippen LogP contribution in [0.4, 0.5) is 8.78 Å². The lowest BCUT2D eigenvalue weighted by Crippen LogP contribution is -2.22. The van der Waals surface area contributed by atoms with Crippen molar-refractivity contribution in [3.63, 3.8) is 0 Å². The summed E-state index contributed by atoms with van der Waals surface area (Å²) in [6, 6.07) is 8.68. The number of aryl methyl sites for hydroxylation is 1. The molecule has 1 unspecified atom stereocenters. The number of aromatic nitrogens is 1. The summed E-state index contributed by atoms with van der Waals surface area (Å²) >= 11 is 0. The molecular weight excluding hydrogens is 262 g/mol. The van der Waals surface area contributed by atoms with Crippen molar-refractivity contribution in [2.45, 2.75) is 19.6 Å². The van der Waals surface area contributed by atoms with E-state index in [9.17, 15) is 13.9 Å². The van der Waals surface area contributed by atoms with Gasteiger partial charge in [-0.15, -0.1) is 0 Å². The molecule has 0 aliphatic carbocycles. The second-order valence-corrected chi connectivity index (χ2v) is 4.58. The number of aliphatic hydroxyl groups is 1. The molecule has 0 saturated carbocycles. The zero-order valence-corrected chi connectivity index (χ0v) is 11.1. The number of hydrogen-bond donors (Lipinski definition) is 2. The van der Waals surface area contributed by atoms with Crippen LogP contribution in [0.15, 0.2) is 36.4 Å². The van der Waals surface area contributed by atoms with Gasteiger partial charge in [0.1, 0.15) is 11.6 Å². The predicted molar refractivity (Wildman–Crippen MR) is 72.0 cm³/mol. The lowest BCUT2D eigenvalue weighted by molar-refractivity contribution is 0.169. The Hall–Kier alpha value is -1.85. The fourth-order valence-corrected chi connectivity index (χ4v) is 1.91. The largest absolute Gasteiger partial charge is 0.387 e. The molecule has 1 aromatic heterocycles. The molecule has 0 bridgehead atoms. The van der Waals surface area contributed by atoms with Crippen LogP contribution < -0.4 is 5.32 Å². The molecule has 0 radical (unpaired) electrons. The fraction of sp³-hybridized carbons (Fsp3) is 0.267. The summed E-state index contributed by atoms with van der Waals surface area (Å²) in [6.07, 6.45) is -1.10. The van der Waals surface area contributed by atoms with Gasteiger partial charge in [0, 0.05) is 24.3 Å². The number of hydrogen-bond acceptors (Lipinski definition) is 3. The van der Waals surface area contributed by atoms with E-state index in [1.54, 1.807) is 0 Å². The Bertz CT molecular complexity index is 590. The molecule has 1 atom stereocenters. The van der Waals surface area contributed by atoms with E-state index in [-0.39, 0.29) is 12.1 Å². The highest BCUT2D eigenvalue weighted by atomic mass is 19.1. The third-order valence-corrected chi connectivity index (χ3v) is 2.91. The molecule has 3 nitrogen and oxygen atoms in total. The van der Waals surface area contributed by atoms with E-state index in [4.69, 9.17) is 0 Å². The number of benzene rings is 1. The minimum atomic E-state index is -1.10. The zero-order valence-electron chi connectivity index (χ0n) is 11.1. The molecule has 106 valence electrons. The van der Waals surface area contributed by atoms with Gasteiger partial charge in [0.05, 0.1) is 11.8 Å². The molecule has 0 amide bonds. The van der Waals surface area contributed by atoms with E-state index in [2.05, 4.69) is 10.3 Å². The van der Waals surface area contributed by atoms with E-state index >= 15 is 0 Å². The van der Waals surface area contributed by atoms with E-state index < -0.39 is 17.7 Å². The van der Waals surface area contributed by atoms with Gasteiger partial charge < -0.3 is 10.4 Å². The summed E-state index contributed by atoms with van der Waals surface area (Å²) in [6.45, 7) is 2.46. The lowest BCUT2D eigenvalue weighted by Gasteiger charge is -2.13. The maximum Gasteiger partial charge on any atom is 0.129 e. The Kier molecular flexibility index (Phi) is 4.76. The summed E-state index contributed by atoms with van der Waals surface area (Å²) in [4.78, 5) is 4.30. The fourth-order valence-electron chi connectivity index (χ4n) is 1.91. The topological polar surface area (TPSA) is 45.1 Å². The molecule has 0 spiro atoms. The summed E-state index contributed by atoms with van der Waals surface area (Å²) in [5.74, 6) is -1.19. The average molecular weight is 278 g/mol. The van der Waals surface area contributed by atoms with Crippen molar-refractivity contribution in [1.82, 2.24) is 10.3 Å². The minimum absolute atomic E-state index is 0.0466. The van der Waals surface area contributed by atoms with Crippen LogP contribution in [0.5, 0.6) is 0 Å². The number of nitrogens with one attached hydrogen (secondary N) is 1. The minimum Gasteiger partial charge on any atom is -0.387 e.